The van der Waals surface area contributed by atoms with E-state index in [2.05, 4.69) is 12.2 Å². The Labute approximate surface area is 231 Å². The summed E-state index contributed by atoms with van der Waals surface area (Å²) in [4.78, 5) is 53.0. The van der Waals surface area contributed by atoms with Crippen LogP contribution < -0.4 is 10.1 Å². The Morgan fingerprint density at radius 1 is 1.13 bits per heavy atom. The molecule has 2 aliphatic heterocycles. The molecule has 4 atom stereocenters. The minimum absolute atomic E-state index is 0.129. The lowest BCUT2D eigenvalue weighted by molar-refractivity contribution is -0.173. The maximum Gasteiger partial charge on any atom is 0.320 e. The maximum absolute atomic E-state index is 13.5. The van der Waals surface area contributed by atoms with E-state index in [1.807, 2.05) is 18.2 Å². The molecule has 8 rings (SSSR count). The topological polar surface area (TPSA) is 106 Å². The first-order chi connectivity index (χ1) is 18.8. The number of benzene rings is 1. The predicted octanol–water partition coefficient (Wildman–Crippen LogP) is 4.70. The summed E-state index contributed by atoms with van der Waals surface area (Å²) < 4.78 is 11.8. The first kappa shape index (κ1) is 24.9. The number of rotatable bonds is 6. The van der Waals surface area contributed by atoms with Crippen LogP contribution in [0, 0.1) is 29.1 Å². The van der Waals surface area contributed by atoms with Gasteiger partial charge in [-0.1, -0.05) is 13.0 Å². The lowest BCUT2D eigenvalue weighted by atomic mass is 9.45. The third-order valence-electron chi connectivity index (χ3n) is 9.97. The zero-order valence-electron chi connectivity index (χ0n) is 21.9. The smallest absolute Gasteiger partial charge is 0.320 e. The van der Waals surface area contributed by atoms with Gasteiger partial charge in [0, 0.05) is 29.5 Å². The normalized spacial score (nSPS) is 32.9. The van der Waals surface area contributed by atoms with Crippen molar-refractivity contribution in [2.75, 3.05) is 0 Å². The number of fused-ring (bicyclic) bond motifs is 1. The number of furan rings is 1. The molecular weight excluding hydrogens is 516 g/mol. The van der Waals surface area contributed by atoms with Crippen molar-refractivity contribution >= 4 is 35.5 Å². The van der Waals surface area contributed by atoms with E-state index in [9.17, 15) is 19.2 Å². The van der Waals surface area contributed by atoms with Crippen LogP contribution in [0.4, 0.5) is 0 Å². The second kappa shape index (κ2) is 9.25. The minimum atomic E-state index is -0.639. The third kappa shape index (κ3) is 4.12. The zero-order valence-corrected chi connectivity index (χ0v) is 22.8. The molecule has 3 amide bonds. The van der Waals surface area contributed by atoms with E-state index in [1.165, 1.54) is 19.3 Å². The fourth-order valence-corrected chi connectivity index (χ4v) is 9.15. The van der Waals surface area contributed by atoms with Crippen LogP contribution in [0.1, 0.15) is 73.6 Å². The molecule has 204 valence electrons. The second-order valence-corrected chi connectivity index (χ2v) is 13.2. The van der Waals surface area contributed by atoms with Gasteiger partial charge in [0.1, 0.15) is 11.8 Å². The van der Waals surface area contributed by atoms with Gasteiger partial charge in [0.05, 0.1) is 11.2 Å². The Morgan fingerprint density at radius 2 is 1.92 bits per heavy atom. The number of ether oxygens (including phenoxy) is 1. The van der Waals surface area contributed by atoms with Crippen molar-refractivity contribution in [2.45, 2.75) is 75.1 Å². The summed E-state index contributed by atoms with van der Waals surface area (Å²) in [7, 11) is 0. The van der Waals surface area contributed by atoms with E-state index in [-0.39, 0.29) is 35.6 Å². The molecule has 1 aromatic heterocycles. The van der Waals surface area contributed by atoms with Crippen LogP contribution in [0.5, 0.6) is 5.95 Å². The highest BCUT2D eigenvalue weighted by Crippen LogP contribution is 2.63. The summed E-state index contributed by atoms with van der Waals surface area (Å²) in [5.74, 6) is 2.71. The summed E-state index contributed by atoms with van der Waals surface area (Å²) in [6.07, 6.45) is 6.23. The third-order valence-corrected chi connectivity index (χ3v) is 11.1. The van der Waals surface area contributed by atoms with Gasteiger partial charge in [-0.25, -0.2) is 0 Å². The molecule has 4 saturated carbocycles. The second-order valence-electron chi connectivity index (χ2n) is 12.1. The van der Waals surface area contributed by atoms with E-state index in [1.54, 1.807) is 28.8 Å². The highest BCUT2D eigenvalue weighted by Gasteiger charge is 2.60. The van der Waals surface area contributed by atoms with Crippen molar-refractivity contribution in [1.82, 2.24) is 10.2 Å². The molecule has 0 spiro atoms. The molecule has 1 saturated heterocycles. The number of imide groups is 1. The number of hydrogen-bond acceptors (Lipinski definition) is 7. The number of esters is 1. The average molecular weight is 549 g/mol. The zero-order chi connectivity index (χ0) is 26.9. The van der Waals surface area contributed by atoms with E-state index in [0.29, 0.717) is 53.7 Å². The van der Waals surface area contributed by atoms with Crippen molar-refractivity contribution in [2.24, 2.45) is 29.1 Å². The molecule has 2 aromatic rings. The number of amides is 3. The SMILES string of the molecule is CC1C2CC3CC(C2)CC1(C(=O)Oc1ccc(CSc2cccc4c2CN(C2CCC(=O)NC2=O)C4=O)o1)C3. The standard InChI is InChI=1S/C30H32N2O6S/c1-16-19-10-17-9-18(11-19)13-30(16,12-17)29(36)38-26-8-5-20(37-26)15-39-24-4-2-3-21-22(24)14-32(28(21)35)23-6-7-25(33)31-27(23)34/h2-5,8,16-19,23H,6-7,9-15H2,1H3,(H,31,33,34). The number of hydrogen-bond donors (Lipinski definition) is 1. The van der Waals surface area contributed by atoms with Crippen LogP contribution in [0.2, 0.25) is 0 Å². The summed E-state index contributed by atoms with van der Waals surface area (Å²) in [5, 5.41) is 2.34. The van der Waals surface area contributed by atoms with Gasteiger partial charge in [0.15, 0.2) is 0 Å². The van der Waals surface area contributed by atoms with Gasteiger partial charge in [-0.05, 0) is 86.0 Å². The van der Waals surface area contributed by atoms with E-state index < -0.39 is 11.9 Å². The number of piperidine rings is 1. The summed E-state index contributed by atoms with van der Waals surface area (Å²) >= 11 is 1.54. The lowest BCUT2D eigenvalue weighted by Gasteiger charge is -2.58. The molecule has 6 aliphatic rings. The van der Waals surface area contributed by atoms with Crippen LogP contribution in [0.15, 0.2) is 39.6 Å². The van der Waals surface area contributed by atoms with Gasteiger partial charge in [-0.15, -0.1) is 11.8 Å². The average Bonchev–Trinajstić information content (AvgIpc) is 3.49. The van der Waals surface area contributed by atoms with Crippen LogP contribution in [0.3, 0.4) is 0 Å². The lowest BCUT2D eigenvalue weighted by Crippen LogP contribution is -2.56. The van der Waals surface area contributed by atoms with Crippen molar-refractivity contribution in [3.63, 3.8) is 0 Å². The molecule has 8 nitrogen and oxygen atoms in total. The highest BCUT2D eigenvalue weighted by molar-refractivity contribution is 7.98. The van der Waals surface area contributed by atoms with Crippen LogP contribution >= 0.6 is 11.8 Å². The molecule has 3 heterocycles. The molecule has 39 heavy (non-hydrogen) atoms. The Hall–Kier alpha value is -3.07. The Kier molecular flexibility index (Phi) is 5.91. The van der Waals surface area contributed by atoms with E-state index >= 15 is 0 Å². The molecule has 4 unspecified atom stereocenters. The Bertz CT molecular complexity index is 1370. The molecule has 4 bridgehead atoms. The summed E-state index contributed by atoms with van der Waals surface area (Å²) in [5.41, 5.74) is 1.09. The number of carbonyl (C=O) groups is 4. The van der Waals surface area contributed by atoms with Crippen molar-refractivity contribution in [3.8, 4) is 5.95 Å². The van der Waals surface area contributed by atoms with Crippen LogP contribution in [-0.2, 0) is 26.7 Å². The van der Waals surface area contributed by atoms with Gasteiger partial charge in [-0.3, -0.25) is 24.5 Å². The van der Waals surface area contributed by atoms with Gasteiger partial charge in [0.2, 0.25) is 11.8 Å². The minimum Gasteiger partial charge on any atom is -0.430 e. The molecule has 1 N–H and O–H groups in total. The van der Waals surface area contributed by atoms with Gasteiger partial charge in [0.25, 0.3) is 11.9 Å². The molecule has 4 aliphatic carbocycles. The van der Waals surface area contributed by atoms with Crippen LogP contribution in [-0.4, -0.2) is 34.6 Å². The number of carbonyl (C=O) groups excluding carboxylic acids is 4. The first-order valence-corrected chi connectivity index (χ1v) is 15.0. The Balaban J connectivity index is 1.01. The van der Waals surface area contributed by atoms with Gasteiger partial charge >= 0.3 is 5.97 Å². The Morgan fingerprint density at radius 3 is 2.69 bits per heavy atom. The largest absolute Gasteiger partial charge is 0.430 e. The van der Waals surface area contributed by atoms with Gasteiger partial charge < -0.3 is 14.1 Å². The van der Waals surface area contributed by atoms with E-state index in [4.69, 9.17) is 9.15 Å². The molecule has 5 fully saturated rings. The monoisotopic (exact) mass is 548 g/mol. The maximum atomic E-state index is 13.5. The predicted molar refractivity (Wildman–Crippen MR) is 142 cm³/mol. The van der Waals surface area contributed by atoms with Crippen LogP contribution in [0.25, 0.3) is 0 Å². The molecule has 1 aromatic carbocycles. The van der Waals surface area contributed by atoms with E-state index in [0.717, 1.165) is 23.3 Å². The van der Waals surface area contributed by atoms with Crippen molar-refractivity contribution < 1.29 is 28.3 Å². The number of nitrogens with zero attached hydrogens (tertiary/aromatic N) is 1. The fraction of sp³-hybridized carbons (Fsp3) is 0.533. The quantitative estimate of drug-likeness (QED) is 0.317. The van der Waals surface area contributed by atoms with Gasteiger partial charge in [-0.2, -0.15) is 0 Å². The molecular formula is C30H32N2O6S. The summed E-state index contributed by atoms with van der Waals surface area (Å²) in [6, 6.07) is 8.51. The highest BCUT2D eigenvalue weighted by atomic mass is 32.2. The number of nitrogens with one attached hydrogen (secondary N) is 1. The van der Waals surface area contributed by atoms with Crippen molar-refractivity contribution in [3.05, 3.63) is 47.2 Å². The summed E-state index contributed by atoms with van der Waals surface area (Å²) in [6.45, 7) is 2.56. The fourth-order valence-electron chi connectivity index (χ4n) is 8.17. The molecule has 9 heteroatoms. The molecule has 0 radical (unpaired) electrons. The van der Waals surface area contributed by atoms with Crippen molar-refractivity contribution in [1.29, 1.82) is 0 Å². The number of thioether (sulfide) groups is 1. The first-order valence-electron chi connectivity index (χ1n) is 14.0.